The van der Waals surface area contributed by atoms with Gasteiger partial charge in [0.25, 0.3) is 5.56 Å². The maximum Gasteiger partial charge on any atom is 0.267 e. The van der Waals surface area contributed by atoms with Crippen LogP contribution in [-0.2, 0) is 9.84 Å². The molecule has 0 aliphatic heterocycles. The number of ether oxygens (including phenoxy) is 1. The molecular weight excluding hydrogens is 452 g/mol. The zero-order valence-electron chi connectivity index (χ0n) is 19.0. The summed E-state index contributed by atoms with van der Waals surface area (Å²) in [5.41, 5.74) is 0.727. The molecule has 0 aliphatic carbocycles. The smallest absolute Gasteiger partial charge is 0.267 e. The van der Waals surface area contributed by atoms with E-state index in [1.54, 1.807) is 72.9 Å². The number of aromatic nitrogens is 3. The topological polar surface area (TPSA) is 103 Å². The van der Waals surface area contributed by atoms with E-state index in [0.29, 0.717) is 34.9 Å². The average Bonchev–Trinajstić information content (AvgIpc) is 2.85. The van der Waals surface area contributed by atoms with Crippen LogP contribution in [0.3, 0.4) is 0 Å². The number of pyridine rings is 1. The van der Waals surface area contributed by atoms with Crippen molar-refractivity contribution in [1.82, 2.24) is 19.9 Å². The molecule has 0 amide bonds. The molecule has 0 bridgehead atoms. The summed E-state index contributed by atoms with van der Waals surface area (Å²) in [5, 5.41) is 3.61. The second-order valence-electron chi connectivity index (χ2n) is 7.72. The highest BCUT2D eigenvalue weighted by Gasteiger charge is 2.20. The van der Waals surface area contributed by atoms with Gasteiger partial charge in [0, 0.05) is 12.7 Å². The fraction of sp³-hybridized carbons (Fsp3) is 0.240. The molecule has 0 saturated heterocycles. The molecule has 2 aromatic heterocycles. The van der Waals surface area contributed by atoms with Crippen molar-refractivity contribution in [3.8, 4) is 11.4 Å². The van der Waals surface area contributed by atoms with Crippen LogP contribution >= 0.6 is 0 Å². The van der Waals surface area contributed by atoms with E-state index in [4.69, 9.17) is 4.74 Å². The summed E-state index contributed by atoms with van der Waals surface area (Å²) < 4.78 is 32.3. The van der Waals surface area contributed by atoms with E-state index in [-0.39, 0.29) is 22.8 Å². The van der Waals surface area contributed by atoms with Crippen molar-refractivity contribution >= 4 is 20.9 Å². The number of nitrogens with zero attached hydrogens (tertiary/aromatic N) is 3. The summed E-state index contributed by atoms with van der Waals surface area (Å²) in [6.07, 6.45) is 1.59. The minimum absolute atomic E-state index is 0.0829. The maximum atomic E-state index is 13.4. The van der Waals surface area contributed by atoms with Gasteiger partial charge in [-0.25, -0.2) is 18.4 Å². The highest BCUT2D eigenvalue weighted by Crippen LogP contribution is 2.20. The van der Waals surface area contributed by atoms with Gasteiger partial charge in [0.1, 0.15) is 11.6 Å². The lowest BCUT2D eigenvalue weighted by molar-refractivity contribution is 0.340. The Morgan fingerprint density at radius 2 is 1.76 bits per heavy atom. The molecule has 1 N–H and O–H groups in total. The van der Waals surface area contributed by atoms with E-state index in [2.05, 4.69) is 15.3 Å². The molecule has 4 rings (SSSR count). The molecule has 8 nitrogen and oxygen atoms in total. The number of rotatable bonds is 9. The van der Waals surface area contributed by atoms with E-state index in [9.17, 15) is 13.2 Å². The molecule has 0 radical (unpaired) electrons. The highest BCUT2D eigenvalue weighted by molar-refractivity contribution is 7.91. The van der Waals surface area contributed by atoms with Gasteiger partial charge in [-0.3, -0.25) is 9.36 Å². The van der Waals surface area contributed by atoms with Crippen LogP contribution in [-0.4, -0.2) is 41.9 Å². The van der Waals surface area contributed by atoms with E-state index < -0.39 is 15.9 Å². The Balaban J connectivity index is 1.65. The normalized spacial score (nSPS) is 12.5. The molecule has 0 unspecified atom stereocenters. The number of sulfone groups is 1. The minimum Gasteiger partial charge on any atom is -0.494 e. The monoisotopic (exact) mass is 478 g/mol. The molecule has 176 valence electrons. The van der Waals surface area contributed by atoms with E-state index >= 15 is 0 Å². The summed E-state index contributed by atoms with van der Waals surface area (Å²) in [6, 6.07) is 18.5. The Morgan fingerprint density at radius 1 is 1.03 bits per heavy atom. The van der Waals surface area contributed by atoms with Gasteiger partial charge in [0.15, 0.2) is 15.5 Å². The largest absolute Gasteiger partial charge is 0.494 e. The maximum absolute atomic E-state index is 13.4. The van der Waals surface area contributed by atoms with E-state index in [0.717, 1.165) is 0 Å². The van der Waals surface area contributed by atoms with Gasteiger partial charge in [0.05, 0.1) is 34.4 Å². The first kappa shape index (κ1) is 23.6. The molecule has 9 heteroatoms. The third-order valence-electron chi connectivity index (χ3n) is 5.39. The summed E-state index contributed by atoms with van der Waals surface area (Å²) in [7, 11) is -3.43. The first-order valence-electron chi connectivity index (χ1n) is 11.0. The third kappa shape index (κ3) is 5.00. The van der Waals surface area contributed by atoms with Crippen LogP contribution in [0.4, 0.5) is 0 Å². The summed E-state index contributed by atoms with van der Waals surface area (Å²) >= 11 is 0. The van der Waals surface area contributed by atoms with Crippen molar-refractivity contribution in [3.63, 3.8) is 0 Å². The Kier molecular flexibility index (Phi) is 7.04. The van der Waals surface area contributed by atoms with E-state index in [1.165, 1.54) is 4.57 Å². The fourth-order valence-corrected chi connectivity index (χ4v) is 4.87. The van der Waals surface area contributed by atoms with Crippen LogP contribution < -0.4 is 15.6 Å². The molecular formula is C25H26N4O4S. The Morgan fingerprint density at radius 3 is 2.47 bits per heavy atom. The van der Waals surface area contributed by atoms with Crippen LogP contribution in [0.15, 0.2) is 82.6 Å². The zero-order valence-corrected chi connectivity index (χ0v) is 19.8. The predicted molar refractivity (Wildman–Crippen MR) is 131 cm³/mol. The fourth-order valence-electron chi connectivity index (χ4n) is 3.68. The summed E-state index contributed by atoms with van der Waals surface area (Å²) in [6.45, 7) is 4.48. The Hall–Kier alpha value is -3.56. The van der Waals surface area contributed by atoms with Crippen molar-refractivity contribution in [3.05, 3.63) is 89.1 Å². The lowest BCUT2D eigenvalue weighted by Crippen LogP contribution is -2.32. The van der Waals surface area contributed by atoms with Crippen LogP contribution in [0.25, 0.3) is 16.7 Å². The molecule has 1 atom stereocenters. The third-order valence-corrected chi connectivity index (χ3v) is 7.12. The van der Waals surface area contributed by atoms with Crippen LogP contribution in [0, 0.1) is 0 Å². The number of benzene rings is 2. The highest BCUT2D eigenvalue weighted by atomic mass is 32.2. The average molecular weight is 479 g/mol. The summed E-state index contributed by atoms with van der Waals surface area (Å²) in [5.74, 6) is 1.06. The van der Waals surface area contributed by atoms with Crippen LogP contribution in [0.5, 0.6) is 5.75 Å². The SMILES string of the molecule is CCOc1ccc(-n2c([C@@H](C)NCCS(=O)(=O)c3ccccc3)nc3ncccc3c2=O)cc1. The van der Waals surface area contributed by atoms with Crippen molar-refractivity contribution in [1.29, 1.82) is 0 Å². The van der Waals surface area contributed by atoms with Gasteiger partial charge in [0.2, 0.25) is 0 Å². The quantitative estimate of drug-likeness (QED) is 0.394. The molecule has 0 spiro atoms. The number of nitrogens with one attached hydrogen (secondary N) is 1. The lowest BCUT2D eigenvalue weighted by atomic mass is 10.2. The minimum atomic E-state index is -3.43. The van der Waals surface area contributed by atoms with Crippen molar-refractivity contribution < 1.29 is 13.2 Å². The van der Waals surface area contributed by atoms with Gasteiger partial charge in [-0.2, -0.15) is 0 Å². The van der Waals surface area contributed by atoms with Gasteiger partial charge in [-0.05, 0) is 62.4 Å². The lowest BCUT2D eigenvalue weighted by Gasteiger charge is -2.19. The first-order valence-corrected chi connectivity index (χ1v) is 12.7. The molecule has 0 fully saturated rings. The second-order valence-corrected chi connectivity index (χ2v) is 9.83. The Bertz CT molecular complexity index is 1440. The van der Waals surface area contributed by atoms with Gasteiger partial charge in [-0.15, -0.1) is 0 Å². The molecule has 34 heavy (non-hydrogen) atoms. The van der Waals surface area contributed by atoms with Crippen LogP contribution in [0.1, 0.15) is 25.7 Å². The number of hydrogen-bond donors (Lipinski definition) is 1. The number of fused-ring (bicyclic) bond motifs is 1. The van der Waals surface area contributed by atoms with Gasteiger partial charge < -0.3 is 10.1 Å². The van der Waals surface area contributed by atoms with E-state index in [1.807, 2.05) is 13.8 Å². The van der Waals surface area contributed by atoms with Crippen molar-refractivity contribution in [2.24, 2.45) is 0 Å². The van der Waals surface area contributed by atoms with Crippen LogP contribution in [0.2, 0.25) is 0 Å². The molecule has 2 aromatic carbocycles. The first-order chi connectivity index (χ1) is 16.4. The summed E-state index contributed by atoms with van der Waals surface area (Å²) in [4.78, 5) is 22.6. The molecule has 0 aliphatic rings. The second kappa shape index (κ2) is 10.1. The van der Waals surface area contributed by atoms with Crippen molar-refractivity contribution in [2.45, 2.75) is 24.8 Å². The van der Waals surface area contributed by atoms with Gasteiger partial charge in [-0.1, -0.05) is 18.2 Å². The van der Waals surface area contributed by atoms with Gasteiger partial charge >= 0.3 is 0 Å². The Labute approximate surface area is 198 Å². The molecule has 2 heterocycles. The van der Waals surface area contributed by atoms with Crippen molar-refractivity contribution in [2.75, 3.05) is 18.9 Å². The molecule has 4 aromatic rings. The zero-order chi connectivity index (χ0) is 24.1. The standard InChI is InChI=1S/C25H26N4O4S/c1-3-33-20-13-11-19(12-14-20)29-24(28-23-22(25(29)30)10-7-15-27-23)18(2)26-16-17-34(31,32)21-8-5-4-6-9-21/h4-15,18,26H,3,16-17H2,1-2H3/t18-/m1/s1. The predicted octanol–water partition coefficient (Wildman–Crippen LogP) is 3.30. The molecule has 0 saturated carbocycles. The number of hydrogen-bond acceptors (Lipinski definition) is 7.